The van der Waals surface area contributed by atoms with Gasteiger partial charge in [-0.25, -0.2) is 4.39 Å². The Bertz CT molecular complexity index is 614. The molecule has 2 N–H and O–H groups in total. The second-order valence-corrected chi connectivity index (χ2v) is 5.29. The molecular weight excluding hydrogens is 253 g/mol. The summed E-state index contributed by atoms with van der Waals surface area (Å²) < 4.78 is 15.6. The second-order valence-electron chi connectivity index (χ2n) is 5.29. The maximum absolute atomic E-state index is 13.6. The van der Waals surface area contributed by atoms with Crippen LogP contribution in [0.4, 0.5) is 4.39 Å². The van der Waals surface area contributed by atoms with Gasteiger partial charge in [0.1, 0.15) is 5.82 Å². The summed E-state index contributed by atoms with van der Waals surface area (Å²) >= 11 is 0. The summed E-state index contributed by atoms with van der Waals surface area (Å²) in [5, 5.41) is 4.56. The maximum Gasteiger partial charge on any atom is 0.123 e. The smallest absolute Gasteiger partial charge is 0.123 e. The van der Waals surface area contributed by atoms with Gasteiger partial charge in [0.25, 0.3) is 0 Å². The van der Waals surface area contributed by atoms with Gasteiger partial charge in [0.2, 0.25) is 0 Å². The van der Waals surface area contributed by atoms with Crippen molar-refractivity contribution in [3.8, 4) is 11.1 Å². The summed E-state index contributed by atoms with van der Waals surface area (Å²) in [6.45, 7) is 8.89. The van der Waals surface area contributed by atoms with E-state index < -0.39 is 0 Å². The molecule has 3 nitrogen and oxygen atoms in total. The van der Waals surface area contributed by atoms with Gasteiger partial charge >= 0.3 is 0 Å². The minimum Gasteiger partial charge on any atom is -0.324 e. The van der Waals surface area contributed by atoms with Crippen molar-refractivity contribution in [1.29, 1.82) is 0 Å². The Morgan fingerprint density at radius 3 is 2.65 bits per heavy atom. The first-order valence-corrected chi connectivity index (χ1v) is 7.05. The fourth-order valence-electron chi connectivity index (χ4n) is 2.66. The van der Waals surface area contributed by atoms with E-state index in [1.54, 1.807) is 12.1 Å². The highest BCUT2D eigenvalue weighted by Gasteiger charge is 2.18. The Hall–Kier alpha value is -1.68. The molecule has 0 spiro atoms. The molecule has 0 saturated heterocycles. The fraction of sp³-hybridized carbons (Fsp3) is 0.438. The van der Waals surface area contributed by atoms with Crippen molar-refractivity contribution >= 4 is 0 Å². The molecule has 0 radical (unpaired) electrons. The van der Waals surface area contributed by atoms with Crippen molar-refractivity contribution in [3.63, 3.8) is 0 Å². The lowest BCUT2D eigenvalue weighted by atomic mass is 9.94. The first-order valence-electron chi connectivity index (χ1n) is 7.05. The van der Waals surface area contributed by atoms with E-state index in [-0.39, 0.29) is 11.9 Å². The number of benzene rings is 1. The minimum atomic E-state index is -0.244. The lowest BCUT2D eigenvalue weighted by Crippen LogP contribution is -2.07. The van der Waals surface area contributed by atoms with Gasteiger partial charge in [0, 0.05) is 23.8 Å². The van der Waals surface area contributed by atoms with E-state index in [1.165, 1.54) is 6.07 Å². The van der Waals surface area contributed by atoms with Crippen LogP contribution in [-0.4, -0.2) is 9.78 Å². The zero-order valence-electron chi connectivity index (χ0n) is 12.6. The van der Waals surface area contributed by atoms with Crippen LogP contribution in [0.15, 0.2) is 18.2 Å². The molecule has 1 aromatic carbocycles. The zero-order chi connectivity index (χ0) is 14.9. The van der Waals surface area contributed by atoms with E-state index in [0.717, 1.165) is 41.0 Å². The molecule has 108 valence electrons. The van der Waals surface area contributed by atoms with Crippen LogP contribution in [0.3, 0.4) is 0 Å². The van der Waals surface area contributed by atoms with Gasteiger partial charge < -0.3 is 5.73 Å². The third kappa shape index (κ3) is 2.61. The third-order valence-electron chi connectivity index (χ3n) is 3.59. The normalized spacial score (nSPS) is 12.7. The van der Waals surface area contributed by atoms with Gasteiger partial charge in [-0.3, -0.25) is 4.68 Å². The fourth-order valence-corrected chi connectivity index (χ4v) is 2.66. The van der Waals surface area contributed by atoms with E-state index >= 15 is 0 Å². The average Bonchev–Trinajstić information content (AvgIpc) is 2.64. The summed E-state index contributed by atoms with van der Waals surface area (Å²) in [4.78, 5) is 0. The number of nitrogens with zero attached hydrogens (tertiary/aromatic N) is 2. The molecular formula is C16H22FN3. The van der Waals surface area contributed by atoms with Gasteiger partial charge in [-0.05, 0) is 50.5 Å². The average molecular weight is 275 g/mol. The number of rotatable bonds is 4. The zero-order valence-corrected chi connectivity index (χ0v) is 12.6. The molecule has 0 bridgehead atoms. The first kappa shape index (κ1) is 14.7. The van der Waals surface area contributed by atoms with Gasteiger partial charge in [0.05, 0.1) is 5.69 Å². The predicted octanol–water partition coefficient (Wildman–Crippen LogP) is 3.74. The number of nitrogens with two attached hydrogens (primary N) is 1. The summed E-state index contributed by atoms with van der Waals surface area (Å²) in [6.07, 6.45) is 1.02. The third-order valence-corrected chi connectivity index (χ3v) is 3.59. The van der Waals surface area contributed by atoms with Gasteiger partial charge in [0.15, 0.2) is 0 Å². The number of halogens is 1. The van der Waals surface area contributed by atoms with Gasteiger partial charge in [-0.1, -0.05) is 13.0 Å². The van der Waals surface area contributed by atoms with Crippen LogP contribution in [0.5, 0.6) is 0 Å². The van der Waals surface area contributed by atoms with E-state index in [4.69, 9.17) is 5.73 Å². The molecule has 0 aliphatic rings. The molecule has 2 rings (SSSR count). The highest BCUT2D eigenvalue weighted by Crippen LogP contribution is 2.33. The van der Waals surface area contributed by atoms with Crippen molar-refractivity contribution in [2.45, 2.75) is 46.7 Å². The van der Waals surface area contributed by atoms with Crippen molar-refractivity contribution in [2.24, 2.45) is 5.73 Å². The van der Waals surface area contributed by atoms with Crippen molar-refractivity contribution in [1.82, 2.24) is 9.78 Å². The Kier molecular flexibility index (Phi) is 4.23. The SMILES string of the molecule is CCCn1nc(C)c(-c2cc(F)ccc2C(C)N)c1C. The molecule has 0 fully saturated rings. The number of hydrogen-bond acceptors (Lipinski definition) is 2. The molecule has 20 heavy (non-hydrogen) atoms. The van der Waals surface area contributed by atoms with Crippen LogP contribution >= 0.6 is 0 Å². The standard InChI is InChI=1S/C16H22FN3/c1-5-8-20-12(4)16(11(3)19-20)15-9-13(17)6-7-14(15)10(2)18/h6-7,9-10H,5,8,18H2,1-4H3. The maximum atomic E-state index is 13.6. The van der Waals surface area contributed by atoms with Crippen molar-refractivity contribution in [3.05, 3.63) is 41.0 Å². The largest absolute Gasteiger partial charge is 0.324 e. The molecule has 0 saturated carbocycles. The van der Waals surface area contributed by atoms with Gasteiger partial charge in [-0.2, -0.15) is 5.10 Å². The Labute approximate surface area is 119 Å². The lowest BCUT2D eigenvalue weighted by Gasteiger charge is -2.13. The Morgan fingerprint density at radius 2 is 2.05 bits per heavy atom. The Balaban J connectivity index is 2.65. The monoisotopic (exact) mass is 275 g/mol. The topological polar surface area (TPSA) is 43.8 Å². The molecule has 0 aliphatic carbocycles. The number of hydrogen-bond donors (Lipinski definition) is 1. The summed E-state index contributed by atoms with van der Waals surface area (Å²) in [7, 11) is 0. The summed E-state index contributed by atoms with van der Waals surface area (Å²) in [6, 6.07) is 4.65. The molecule has 2 aromatic rings. The quantitative estimate of drug-likeness (QED) is 0.923. The van der Waals surface area contributed by atoms with Crippen LogP contribution in [0, 0.1) is 19.7 Å². The molecule has 0 aliphatic heterocycles. The van der Waals surface area contributed by atoms with E-state index in [9.17, 15) is 4.39 Å². The molecule has 4 heteroatoms. The van der Waals surface area contributed by atoms with E-state index in [2.05, 4.69) is 12.0 Å². The van der Waals surface area contributed by atoms with Crippen molar-refractivity contribution in [2.75, 3.05) is 0 Å². The lowest BCUT2D eigenvalue weighted by molar-refractivity contribution is 0.583. The molecule has 1 aromatic heterocycles. The molecule has 1 heterocycles. The molecule has 0 amide bonds. The molecule has 1 atom stereocenters. The minimum absolute atomic E-state index is 0.140. The second kappa shape index (κ2) is 5.75. The number of aromatic nitrogens is 2. The van der Waals surface area contributed by atoms with Crippen molar-refractivity contribution < 1.29 is 4.39 Å². The Morgan fingerprint density at radius 1 is 1.35 bits per heavy atom. The number of aryl methyl sites for hydroxylation is 2. The van der Waals surface area contributed by atoms with Crippen LogP contribution in [0.1, 0.15) is 43.3 Å². The van der Waals surface area contributed by atoms with E-state index in [0.29, 0.717) is 0 Å². The highest BCUT2D eigenvalue weighted by molar-refractivity contribution is 5.72. The predicted molar refractivity (Wildman–Crippen MR) is 80.0 cm³/mol. The van der Waals surface area contributed by atoms with Crippen LogP contribution in [-0.2, 0) is 6.54 Å². The van der Waals surface area contributed by atoms with Crippen LogP contribution in [0.2, 0.25) is 0 Å². The summed E-state index contributed by atoms with van der Waals surface area (Å²) in [5.41, 5.74) is 10.8. The van der Waals surface area contributed by atoms with E-state index in [1.807, 2.05) is 25.5 Å². The van der Waals surface area contributed by atoms with Crippen LogP contribution in [0.25, 0.3) is 11.1 Å². The highest BCUT2D eigenvalue weighted by atomic mass is 19.1. The first-order chi connectivity index (χ1) is 9.45. The molecule has 1 unspecified atom stereocenters. The summed E-state index contributed by atoms with van der Waals surface area (Å²) in [5.74, 6) is -0.244. The van der Waals surface area contributed by atoms with Gasteiger partial charge in [-0.15, -0.1) is 0 Å². The van der Waals surface area contributed by atoms with Crippen LogP contribution < -0.4 is 5.73 Å².